The molecule has 0 spiro atoms. The highest BCUT2D eigenvalue weighted by molar-refractivity contribution is 5.92. The van der Waals surface area contributed by atoms with Crippen LogP contribution in [0.4, 0.5) is 0 Å². The summed E-state index contributed by atoms with van der Waals surface area (Å²) in [7, 11) is 0. The predicted octanol–water partition coefficient (Wildman–Crippen LogP) is 2.89. The van der Waals surface area contributed by atoms with Gasteiger partial charge in [-0.15, -0.1) is 0 Å². The number of rotatable bonds is 3. The summed E-state index contributed by atoms with van der Waals surface area (Å²) in [6.07, 6.45) is 12.8. The summed E-state index contributed by atoms with van der Waals surface area (Å²) >= 11 is 0. The molecule has 0 unspecified atom stereocenters. The minimum absolute atomic E-state index is 1.10. The van der Waals surface area contributed by atoms with E-state index in [9.17, 15) is 0 Å². The van der Waals surface area contributed by atoms with Gasteiger partial charge in [0.15, 0.2) is 0 Å². The van der Waals surface area contributed by atoms with E-state index in [0.717, 1.165) is 6.42 Å². The molecule has 0 amide bonds. The Morgan fingerprint density at radius 1 is 1.50 bits per heavy atom. The van der Waals surface area contributed by atoms with Gasteiger partial charge in [-0.05, 0) is 12.8 Å². The molecule has 1 aliphatic heterocycles. The van der Waals surface area contributed by atoms with Gasteiger partial charge in [0.25, 0.3) is 0 Å². The van der Waals surface area contributed by atoms with Crippen molar-refractivity contribution >= 4 is 6.21 Å². The third kappa shape index (κ3) is 1.15. The Bertz CT molecular complexity index is 303. The lowest BCUT2D eigenvalue weighted by molar-refractivity contribution is 0.781. The molecule has 0 aromatic carbocycles. The first-order valence-electron chi connectivity index (χ1n) is 4.50. The minimum Gasteiger partial charge on any atom is -0.250 e. The predicted molar refractivity (Wildman–Crippen MR) is 51.2 cm³/mol. The van der Waals surface area contributed by atoms with Crippen LogP contribution in [0.2, 0.25) is 0 Å². The van der Waals surface area contributed by atoms with E-state index in [-0.39, 0.29) is 0 Å². The second kappa shape index (κ2) is 3.10. The Morgan fingerprint density at radius 2 is 2.42 bits per heavy atom. The average molecular weight is 158 g/mol. The van der Waals surface area contributed by atoms with Gasteiger partial charge in [-0.25, -0.2) is 4.99 Å². The summed E-state index contributed by atoms with van der Waals surface area (Å²) < 4.78 is 0. The Balaban J connectivity index is 2.15. The molecule has 0 atom stereocenters. The second-order valence-corrected chi connectivity index (χ2v) is 3.13. The fourth-order valence-electron chi connectivity index (χ4n) is 1.49. The number of hydrogen-bond acceptors (Lipinski definition) is 1. The molecule has 1 heterocycles. The maximum atomic E-state index is 4.27. The van der Waals surface area contributed by atoms with E-state index < -0.39 is 0 Å². The summed E-state index contributed by atoms with van der Waals surface area (Å²) in [6.45, 7) is 2.20. The molecule has 1 radical (unpaired) electrons. The summed E-state index contributed by atoms with van der Waals surface area (Å²) in [4.78, 5) is 4.27. The van der Waals surface area contributed by atoms with Gasteiger partial charge in [0.1, 0.15) is 0 Å². The zero-order valence-corrected chi connectivity index (χ0v) is 7.30. The Kier molecular flexibility index (Phi) is 1.94. The van der Waals surface area contributed by atoms with Gasteiger partial charge in [-0.3, -0.25) is 0 Å². The Morgan fingerprint density at radius 3 is 3.25 bits per heavy atom. The van der Waals surface area contributed by atoms with Crippen LogP contribution in [0.25, 0.3) is 0 Å². The monoisotopic (exact) mass is 158 g/mol. The van der Waals surface area contributed by atoms with E-state index >= 15 is 0 Å². The van der Waals surface area contributed by atoms with Crippen LogP contribution in [0.5, 0.6) is 0 Å². The summed E-state index contributed by atoms with van der Waals surface area (Å²) in [6, 6.07) is 0. The van der Waals surface area contributed by atoms with Crippen LogP contribution in [-0.2, 0) is 0 Å². The number of allylic oxidation sites excluding steroid dienone is 6. The molecular weight excluding hydrogens is 146 g/mol. The largest absolute Gasteiger partial charge is 0.250 e. The molecule has 0 saturated carbocycles. The normalized spacial score (nSPS) is 18.9. The van der Waals surface area contributed by atoms with Crippen molar-refractivity contribution in [1.82, 2.24) is 0 Å². The number of nitrogens with zero attached hydrogens (tertiary/aromatic N) is 1. The molecule has 0 fully saturated rings. The first kappa shape index (κ1) is 7.53. The molecule has 61 valence electrons. The maximum Gasteiger partial charge on any atom is 0.0975 e. The lowest BCUT2D eigenvalue weighted by atomic mass is 10.1. The quantitative estimate of drug-likeness (QED) is 0.599. The van der Waals surface area contributed by atoms with Crippen molar-refractivity contribution < 1.29 is 0 Å². The lowest BCUT2D eigenvalue weighted by Crippen LogP contribution is -1.81. The Hall–Kier alpha value is -1.11. The maximum absolute atomic E-state index is 4.27. The lowest BCUT2D eigenvalue weighted by Gasteiger charge is -1.98. The molecule has 0 saturated heterocycles. The van der Waals surface area contributed by atoms with Crippen molar-refractivity contribution in [3.8, 4) is 0 Å². The van der Waals surface area contributed by atoms with Gasteiger partial charge in [-0.1, -0.05) is 31.6 Å². The van der Waals surface area contributed by atoms with Gasteiger partial charge in [0.2, 0.25) is 0 Å². The van der Waals surface area contributed by atoms with Crippen molar-refractivity contribution in [2.45, 2.75) is 26.2 Å². The fourth-order valence-corrected chi connectivity index (χ4v) is 1.49. The van der Waals surface area contributed by atoms with Crippen LogP contribution in [0.15, 0.2) is 40.1 Å². The van der Waals surface area contributed by atoms with E-state index in [1.54, 1.807) is 0 Å². The topological polar surface area (TPSA) is 12.4 Å². The van der Waals surface area contributed by atoms with Gasteiger partial charge < -0.3 is 0 Å². The van der Waals surface area contributed by atoms with E-state index in [1.807, 2.05) is 0 Å². The molecule has 0 bridgehead atoms. The first-order valence-corrected chi connectivity index (χ1v) is 4.50. The van der Waals surface area contributed by atoms with Crippen LogP contribution in [0.3, 0.4) is 0 Å². The average Bonchev–Trinajstić information content (AvgIpc) is 2.62. The first-order chi connectivity index (χ1) is 5.92. The standard InChI is InChI=1S/C11H12N/c1-2-3-7-11-10-6-4-5-9(10)8-12-11/h4-6H,2-3,7H2,1H3. The van der Waals surface area contributed by atoms with E-state index in [2.05, 4.69) is 36.4 Å². The number of fused-ring (bicyclic) bond motifs is 1. The highest BCUT2D eigenvalue weighted by Crippen LogP contribution is 2.29. The van der Waals surface area contributed by atoms with Gasteiger partial charge >= 0.3 is 0 Å². The van der Waals surface area contributed by atoms with Crippen molar-refractivity contribution in [1.29, 1.82) is 0 Å². The van der Waals surface area contributed by atoms with Crippen LogP contribution < -0.4 is 0 Å². The SMILES string of the molecule is CCCCC1=C2C=CC=C2[C]=N1. The van der Waals surface area contributed by atoms with Crippen LogP contribution >= 0.6 is 0 Å². The molecule has 1 nitrogen and oxygen atoms in total. The molecule has 1 aliphatic carbocycles. The van der Waals surface area contributed by atoms with Crippen molar-refractivity contribution in [2.75, 3.05) is 0 Å². The molecule has 0 aromatic rings. The van der Waals surface area contributed by atoms with Crippen LogP contribution in [0.1, 0.15) is 26.2 Å². The second-order valence-electron chi connectivity index (χ2n) is 3.13. The summed E-state index contributed by atoms with van der Waals surface area (Å²) in [5, 5.41) is 0. The third-order valence-electron chi connectivity index (χ3n) is 2.21. The van der Waals surface area contributed by atoms with E-state index in [1.165, 1.54) is 29.7 Å². The fraction of sp³-hybridized carbons (Fsp3) is 0.364. The van der Waals surface area contributed by atoms with Crippen molar-refractivity contribution in [3.05, 3.63) is 35.1 Å². The molecule has 2 rings (SSSR count). The molecule has 12 heavy (non-hydrogen) atoms. The smallest absolute Gasteiger partial charge is 0.0975 e. The molecule has 2 aliphatic rings. The molecule has 0 aromatic heterocycles. The Labute approximate surface area is 73.2 Å². The zero-order chi connectivity index (χ0) is 8.39. The number of hydrogen-bond donors (Lipinski definition) is 0. The molecule has 1 heteroatoms. The van der Waals surface area contributed by atoms with Gasteiger partial charge in [0.05, 0.1) is 6.21 Å². The third-order valence-corrected chi connectivity index (χ3v) is 2.21. The van der Waals surface area contributed by atoms with Crippen molar-refractivity contribution in [2.24, 2.45) is 4.99 Å². The number of aliphatic imine (C=N–C) groups is 1. The van der Waals surface area contributed by atoms with E-state index in [4.69, 9.17) is 0 Å². The van der Waals surface area contributed by atoms with Crippen LogP contribution in [0, 0.1) is 0 Å². The molecule has 0 N–H and O–H groups in total. The highest BCUT2D eigenvalue weighted by atomic mass is 14.8. The van der Waals surface area contributed by atoms with E-state index in [0.29, 0.717) is 0 Å². The summed E-state index contributed by atoms with van der Waals surface area (Å²) in [5.74, 6) is 0. The highest BCUT2D eigenvalue weighted by Gasteiger charge is 2.15. The molecular formula is C11H12N. The van der Waals surface area contributed by atoms with Crippen molar-refractivity contribution in [3.63, 3.8) is 0 Å². The van der Waals surface area contributed by atoms with Gasteiger partial charge in [-0.2, -0.15) is 0 Å². The number of unbranched alkanes of at least 4 members (excludes halogenated alkanes) is 1. The summed E-state index contributed by atoms with van der Waals surface area (Å²) in [5.41, 5.74) is 3.68. The minimum atomic E-state index is 1.10. The van der Waals surface area contributed by atoms with Gasteiger partial charge in [0, 0.05) is 16.8 Å². The zero-order valence-electron chi connectivity index (χ0n) is 7.30. The van der Waals surface area contributed by atoms with Crippen LogP contribution in [-0.4, -0.2) is 6.21 Å².